The predicted octanol–water partition coefficient (Wildman–Crippen LogP) is 1.21. The van der Waals surface area contributed by atoms with Gasteiger partial charge in [-0.1, -0.05) is 0 Å². The Kier molecular flexibility index (Phi) is 9.78. The van der Waals surface area contributed by atoms with E-state index in [1.807, 2.05) is 4.90 Å². The Morgan fingerprint density at radius 1 is 0.913 bits per heavy atom. The van der Waals surface area contributed by atoms with Gasteiger partial charge in [0.25, 0.3) is 0 Å². The highest BCUT2D eigenvalue weighted by molar-refractivity contribution is 5.85. The third-order valence-corrected chi connectivity index (χ3v) is 5.33. The monoisotopic (exact) mass is 366 g/mol. The van der Waals surface area contributed by atoms with E-state index >= 15 is 0 Å². The molecule has 0 spiro atoms. The van der Waals surface area contributed by atoms with E-state index in [1.54, 1.807) is 0 Å². The molecule has 3 rings (SSSR count). The fraction of sp³-hybridized carbons (Fsp3) is 0.938. The number of rotatable bonds is 4. The molecule has 0 saturated carbocycles. The van der Waals surface area contributed by atoms with Crippen molar-refractivity contribution in [2.45, 2.75) is 38.1 Å². The van der Waals surface area contributed by atoms with Gasteiger partial charge in [0.2, 0.25) is 5.91 Å². The molecule has 0 unspecified atom stereocenters. The van der Waals surface area contributed by atoms with Gasteiger partial charge in [-0.2, -0.15) is 0 Å². The van der Waals surface area contributed by atoms with E-state index in [4.69, 9.17) is 0 Å². The van der Waals surface area contributed by atoms with Gasteiger partial charge in [0, 0.05) is 45.2 Å². The van der Waals surface area contributed by atoms with Crippen LogP contribution in [0.3, 0.4) is 0 Å². The van der Waals surface area contributed by atoms with Crippen molar-refractivity contribution in [3.05, 3.63) is 0 Å². The zero-order valence-electron chi connectivity index (χ0n) is 14.0. The lowest BCUT2D eigenvalue weighted by Gasteiger charge is -2.37. The molecule has 0 radical (unpaired) electrons. The lowest BCUT2D eigenvalue weighted by atomic mass is 10.0. The molecule has 0 aliphatic carbocycles. The number of hydrogen-bond donors (Lipinski definition) is 1. The van der Waals surface area contributed by atoms with Crippen LogP contribution in [0, 0.1) is 0 Å². The van der Waals surface area contributed by atoms with Crippen LogP contribution in [-0.4, -0.2) is 85.6 Å². The molecule has 0 aromatic heterocycles. The van der Waals surface area contributed by atoms with Crippen molar-refractivity contribution in [2.24, 2.45) is 0 Å². The SMILES string of the molecule is Cl.Cl.O=C(CCN1CCC(N2CCCC2)CC1)N1CCNCC1. The maximum Gasteiger partial charge on any atom is 0.223 e. The summed E-state index contributed by atoms with van der Waals surface area (Å²) in [5.41, 5.74) is 0. The molecule has 7 heteroatoms. The lowest BCUT2D eigenvalue weighted by molar-refractivity contribution is -0.132. The minimum Gasteiger partial charge on any atom is -0.340 e. The normalized spacial score (nSPS) is 24.1. The van der Waals surface area contributed by atoms with Crippen LogP contribution < -0.4 is 5.32 Å². The molecule has 3 fully saturated rings. The predicted molar refractivity (Wildman–Crippen MR) is 98.8 cm³/mol. The molecule has 23 heavy (non-hydrogen) atoms. The smallest absolute Gasteiger partial charge is 0.223 e. The zero-order valence-corrected chi connectivity index (χ0v) is 15.7. The summed E-state index contributed by atoms with van der Waals surface area (Å²) in [6, 6.07) is 0.813. The maximum absolute atomic E-state index is 12.2. The topological polar surface area (TPSA) is 38.8 Å². The van der Waals surface area contributed by atoms with Crippen LogP contribution in [-0.2, 0) is 4.79 Å². The number of piperazine rings is 1. The summed E-state index contributed by atoms with van der Waals surface area (Å²) in [6.45, 7) is 9.60. The minimum absolute atomic E-state index is 0. The van der Waals surface area contributed by atoms with Gasteiger partial charge < -0.3 is 20.0 Å². The van der Waals surface area contributed by atoms with Gasteiger partial charge in [0.05, 0.1) is 0 Å². The molecule has 3 aliphatic heterocycles. The van der Waals surface area contributed by atoms with E-state index in [0.717, 1.165) is 38.8 Å². The lowest BCUT2D eigenvalue weighted by Crippen LogP contribution is -2.48. The Balaban J connectivity index is 0.00000132. The van der Waals surface area contributed by atoms with Crippen LogP contribution >= 0.6 is 24.8 Å². The van der Waals surface area contributed by atoms with Gasteiger partial charge in [0.15, 0.2) is 0 Å². The molecule has 0 atom stereocenters. The summed E-state index contributed by atoms with van der Waals surface area (Å²) >= 11 is 0. The fourth-order valence-electron chi connectivity index (χ4n) is 3.94. The molecule has 3 aliphatic rings. The third-order valence-electron chi connectivity index (χ3n) is 5.33. The van der Waals surface area contributed by atoms with E-state index in [9.17, 15) is 4.79 Å². The molecule has 3 saturated heterocycles. The molecule has 1 amide bonds. The molecule has 0 aromatic carbocycles. The second kappa shape index (κ2) is 10.7. The number of nitrogens with zero attached hydrogens (tertiary/aromatic N) is 3. The van der Waals surface area contributed by atoms with Gasteiger partial charge in [-0.25, -0.2) is 0 Å². The van der Waals surface area contributed by atoms with Crippen LogP contribution in [0.25, 0.3) is 0 Å². The first-order valence-corrected chi connectivity index (χ1v) is 8.78. The van der Waals surface area contributed by atoms with Crippen molar-refractivity contribution >= 4 is 30.7 Å². The number of nitrogens with one attached hydrogen (secondary N) is 1. The number of piperidine rings is 1. The van der Waals surface area contributed by atoms with E-state index in [1.165, 1.54) is 51.9 Å². The van der Waals surface area contributed by atoms with E-state index in [2.05, 4.69) is 15.1 Å². The van der Waals surface area contributed by atoms with Crippen molar-refractivity contribution in [3.63, 3.8) is 0 Å². The Hall–Kier alpha value is -0.0700. The molecule has 136 valence electrons. The van der Waals surface area contributed by atoms with Crippen molar-refractivity contribution in [3.8, 4) is 0 Å². The van der Waals surface area contributed by atoms with Gasteiger partial charge in [-0.3, -0.25) is 4.79 Å². The average molecular weight is 367 g/mol. The van der Waals surface area contributed by atoms with Crippen LogP contribution in [0.2, 0.25) is 0 Å². The number of carbonyl (C=O) groups is 1. The van der Waals surface area contributed by atoms with Crippen molar-refractivity contribution in [1.82, 2.24) is 20.0 Å². The second-order valence-corrected chi connectivity index (χ2v) is 6.70. The summed E-state index contributed by atoms with van der Waals surface area (Å²) < 4.78 is 0. The average Bonchev–Trinajstić information content (AvgIpc) is 3.08. The molecule has 3 heterocycles. The first-order chi connectivity index (χ1) is 10.3. The van der Waals surface area contributed by atoms with Crippen molar-refractivity contribution in [1.29, 1.82) is 0 Å². The summed E-state index contributed by atoms with van der Waals surface area (Å²) in [5.74, 6) is 0.346. The molecule has 0 aromatic rings. The zero-order chi connectivity index (χ0) is 14.5. The van der Waals surface area contributed by atoms with E-state index in [0.29, 0.717) is 12.3 Å². The van der Waals surface area contributed by atoms with E-state index in [-0.39, 0.29) is 24.8 Å². The molecule has 1 N–H and O–H groups in total. The van der Waals surface area contributed by atoms with Gasteiger partial charge in [-0.05, 0) is 51.9 Å². The largest absolute Gasteiger partial charge is 0.340 e. The number of amides is 1. The molecule has 5 nitrogen and oxygen atoms in total. The fourth-order valence-corrected chi connectivity index (χ4v) is 3.94. The molecular weight excluding hydrogens is 335 g/mol. The van der Waals surface area contributed by atoms with Gasteiger partial charge in [-0.15, -0.1) is 24.8 Å². The van der Waals surface area contributed by atoms with Crippen LogP contribution in [0.15, 0.2) is 0 Å². The number of carbonyl (C=O) groups excluding carboxylic acids is 1. The summed E-state index contributed by atoms with van der Waals surface area (Å²) in [4.78, 5) is 19.4. The molecular formula is C16H32Cl2N4O. The van der Waals surface area contributed by atoms with E-state index < -0.39 is 0 Å². The van der Waals surface area contributed by atoms with Crippen LogP contribution in [0.1, 0.15) is 32.1 Å². The first kappa shape index (κ1) is 21.0. The van der Waals surface area contributed by atoms with Crippen molar-refractivity contribution in [2.75, 3.05) is 58.9 Å². The van der Waals surface area contributed by atoms with Crippen LogP contribution in [0.4, 0.5) is 0 Å². The Morgan fingerprint density at radius 2 is 1.52 bits per heavy atom. The van der Waals surface area contributed by atoms with Crippen LogP contribution in [0.5, 0.6) is 0 Å². The number of halogens is 2. The number of likely N-dealkylation sites (tertiary alicyclic amines) is 2. The maximum atomic E-state index is 12.2. The molecule has 0 bridgehead atoms. The Morgan fingerprint density at radius 3 is 2.13 bits per heavy atom. The highest BCUT2D eigenvalue weighted by Gasteiger charge is 2.26. The Labute approximate surface area is 152 Å². The second-order valence-electron chi connectivity index (χ2n) is 6.70. The highest BCUT2D eigenvalue weighted by Crippen LogP contribution is 2.21. The van der Waals surface area contributed by atoms with Crippen molar-refractivity contribution < 1.29 is 4.79 Å². The Bertz CT molecular complexity index is 339. The quantitative estimate of drug-likeness (QED) is 0.811. The number of hydrogen-bond acceptors (Lipinski definition) is 4. The standard InChI is InChI=1S/C16H30N4O.2ClH/c21-16(20-13-6-17-7-14-20)5-12-18-10-3-15(4-11-18)19-8-1-2-9-19;;/h15,17H,1-14H2;2*1H. The highest BCUT2D eigenvalue weighted by atomic mass is 35.5. The summed E-state index contributed by atoms with van der Waals surface area (Å²) in [5, 5.41) is 3.30. The summed E-state index contributed by atoms with van der Waals surface area (Å²) in [6.07, 6.45) is 6.07. The van der Waals surface area contributed by atoms with Gasteiger partial charge in [0.1, 0.15) is 0 Å². The third kappa shape index (κ3) is 6.05. The van der Waals surface area contributed by atoms with Gasteiger partial charge >= 0.3 is 0 Å². The first-order valence-electron chi connectivity index (χ1n) is 8.78. The minimum atomic E-state index is 0. The summed E-state index contributed by atoms with van der Waals surface area (Å²) in [7, 11) is 0.